The third-order valence-corrected chi connectivity index (χ3v) is 4.48. The van der Waals surface area contributed by atoms with Gasteiger partial charge < -0.3 is 9.67 Å². The van der Waals surface area contributed by atoms with E-state index in [4.69, 9.17) is 16.7 Å². The Morgan fingerprint density at radius 1 is 1.50 bits per heavy atom. The SMILES string of the molecule is O=C(O)C1CC(n2cc(I)c3c(Cl)ncnc32)C1. The highest BCUT2D eigenvalue weighted by atomic mass is 127. The maximum atomic E-state index is 10.8. The van der Waals surface area contributed by atoms with Crippen LogP contribution in [0.1, 0.15) is 18.9 Å². The van der Waals surface area contributed by atoms with E-state index in [0.717, 1.165) is 14.6 Å². The minimum atomic E-state index is -0.718. The fourth-order valence-corrected chi connectivity index (χ4v) is 3.49. The number of halogens is 2. The normalized spacial score (nSPS) is 23.0. The fourth-order valence-electron chi connectivity index (χ4n) is 2.30. The molecule has 2 aromatic heterocycles. The van der Waals surface area contributed by atoms with Crippen molar-refractivity contribution in [2.75, 3.05) is 0 Å². The molecule has 2 heterocycles. The standard InChI is InChI=1S/C11H9ClIN3O2/c12-9-8-7(13)3-16(10(8)15-4-14-9)6-1-5(2-6)11(17)18/h3-6H,1-2H2,(H,17,18). The van der Waals surface area contributed by atoms with Crippen molar-refractivity contribution in [1.82, 2.24) is 14.5 Å². The topological polar surface area (TPSA) is 68.0 Å². The third kappa shape index (κ3) is 1.78. The molecule has 0 amide bonds. The predicted molar refractivity (Wildman–Crippen MR) is 74.7 cm³/mol. The molecule has 0 saturated heterocycles. The molecule has 1 aliphatic carbocycles. The molecular weight excluding hydrogens is 368 g/mol. The van der Waals surface area contributed by atoms with Gasteiger partial charge in [0, 0.05) is 15.8 Å². The van der Waals surface area contributed by atoms with Gasteiger partial charge in [0.15, 0.2) is 0 Å². The van der Waals surface area contributed by atoms with Crippen LogP contribution in [0.5, 0.6) is 0 Å². The van der Waals surface area contributed by atoms with Crippen molar-refractivity contribution in [3.63, 3.8) is 0 Å². The Morgan fingerprint density at radius 2 is 2.22 bits per heavy atom. The average Bonchev–Trinajstić information content (AvgIpc) is 2.55. The Balaban J connectivity index is 2.00. The fraction of sp³-hybridized carbons (Fsp3) is 0.364. The number of hydrogen-bond acceptors (Lipinski definition) is 3. The first kappa shape index (κ1) is 12.2. The predicted octanol–water partition coefficient (Wildman–Crippen LogP) is 2.73. The number of aromatic nitrogens is 3. The van der Waals surface area contributed by atoms with Crippen LogP contribution in [0.2, 0.25) is 5.15 Å². The number of fused-ring (bicyclic) bond motifs is 1. The van der Waals surface area contributed by atoms with E-state index in [9.17, 15) is 4.79 Å². The van der Waals surface area contributed by atoms with Crippen LogP contribution in [0.25, 0.3) is 11.0 Å². The molecule has 94 valence electrons. The smallest absolute Gasteiger partial charge is 0.306 e. The second-order valence-electron chi connectivity index (χ2n) is 4.41. The van der Waals surface area contributed by atoms with Crippen molar-refractivity contribution < 1.29 is 9.90 Å². The summed E-state index contributed by atoms with van der Waals surface area (Å²) in [6.45, 7) is 0. The number of carboxylic acid groups (broad SMARTS) is 1. The summed E-state index contributed by atoms with van der Waals surface area (Å²) >= 11 is 8.25. The maximum absolute atomic E-state index is 10.8. The molecule has 5 nitrogen and oxygen atoms in total. The molecule has 0 aromatic carbocycles. The number of nitrogens with zero attached hydrogens (tertiary/aromatic N) is 3. The molecule has 18 heavy (non-hydrogen) atoms. The summed E-state index contributed by atoms with van der Waals surface area (Å²) in [5.41, 5.74) is 0.785. The van der Waals surface area contributed by atoms with Gasteiger partial charge in [-0.05, 0) is 35.4 Å². The van der Waals surface area contributed by atoms with Gasteiger partial charge in [-0.1, -0.05) is 11.6 Å². The van der Waals surface area contributed by atoms with Crippen molar-refractivity contribution in [2.24, 2.45) is 5.92 Å². The van der Waals surface area contributed by atoms with E-state index in [-0.39, 0.29) is 12.0 Å². The van der Waals surface area contributed by atoms with Gasteiger partial charge in [-0.25, -0.2) is 9.97 Å². The van der Waals surface area contributed by atoms with Crippen LogP contribution < -0.4 is 0 Å². The molecule has 0 unspecified atom stereocenters. The van der Waals surface area contributed by atoms with Gasteiger partial charge in [-0.15, -0.1) is 0 Å². The first-order valence-electron chi connectivity index (χ1n) is 5.47. The Morgan fingerprint density at radius 3 is 2.89 bits per heavy atom. The molecule has 1 fully saturated rings. The van der Waals surface area contributed by atoms with Crippen molar-refractivity contribution in [3.8, 4) is 0 Å². The Hall–Kier alpha value is -0.890. The molecule has 0 aliphatic heterocycles. The summed E-state index contributed by atoms with van der Waals surface area (Å²) in [6.07, 6.45) is 4.70. The van der Waals surface area contributed by atoms with E-state index >= 15 is 0 Å². The van der Waals surface area contributed by atoms with Crippen LogP contribution in [0, 0.1) is 9.49 Å². The monoisotopic (exact) mass is 377 g/mol. The highest BCUT2D eigenvalue weighted by Crippen LogP contribution is 2.41. The van der Waals surface area contributed by atoms with Gasteiger partial charge in [-0.3, -0.25) is 4.79 Å². The van der Waals surface area contributed by atoms with Gasteiger partial charge in [0.25, 0.3) is 0 Å². The van der Waals surface area contributed by atoms with Gasteiger partial charge in [0.05, 0.1) is 11.3 Å². The lowest BCUT2D eigenvalue weighted by Crippen LogP contribution is -2.32. The molecule has 0 radical (unpaired) electrons. The second kappa shape index (κ2) is 4.34. The van der Waals surface area contributed by atoms with Crippen LogP contribution in [0.3, 0.4) is 0 Å². The van der Waals surface area contributed by atoms with Crippen LogP contribution in [-0.2, 0) is 4.79 Å². The lowest BCUT2D eigenvalue weighted by atomic mass is 9.80. The van der Waals surface area contributed by atoms with Gasteiger partial charge in [0.2, 0.25) is 0 Å². The molecule has 1 N–H and O–H groups in total. The molecule has 7 heteroatoms. The molecule has 3 rings (SSSR count). The van der Waals surface area contributed by atoms with E-state index in [1.807, 2.05) is 10.8 Å². The zero-order valence-corrected chi connectivity index (χ0v) is 12.1. The molecule has 0 atom stereocenters. The van der Waals surface area contributed by atoms with Crippen LogP contribution in [0.4, 0.5) is 0 Å². The summed E-state index contributed by atoms with van der Waals surface area (Å²) in [4.78, 5) is 19.0. The lowest BCUT2D eigenvalue weighted by Gasteiger charge is -2.33. The minimum absolute atomic E-state index is 0.197. The number of carbonyl (C=O) groups is 1. The summed E-state index contributed by atoms with van der Waals surface area (Å²) in [7, 11) is 0. The average molecular weight is 378 g/mol. The Labute approximate surface area is 121 Å². The molecule has 1 saturated carbocycles. The molecule has 0 spiro atoms. The summed E-state index contributed by atoms with van der Waals surface area (Å²) in [5, 5.41) is 10.2. The van der Waals surface area contributed by atoms with E-state index < -0.39 is 5.97 Å². The Bertz CT molecular complexity index is 636. The van der Waals surface area contributed by atoms with Crippen molar-refractivity contribution in [2.45, 2.75) is 18.9 Å². The zero-order chi connectivity index (χ0) is 12.9. The van der Waals surface area contributed by atoms with Gasteiger partial charge in [0.1, 0.15) is 17.1 Å². The second-order valence-corrected chi connectivity index (χ2v) is 5.93. The first-order valence-corrected chi connectivity index (χ1v) is 6.93. The number of carboxylic acids is 1. The third-order valence-electron chi connectivity index (χ3n) is 3.37. The summed E-state index contributed by atoms with van der Waals surface area (Å²) in [6, 6.07) is 0.197. The van der Waals surface area contributed by atoms with Crippen molar-refractivity contribution >= 4 is 51.2 Å². The van der Waals surface area contributed by atoms with E-state index in [1.54, 1.807) is 0 Å². The molecule has 1 aliphatic rings. The van der Waals surface area contributed by atoms with Gasteiger partial charge >= 0.3 is 5.97 Å². The number of aliphatic carboxylic acids is 1. The molecule has 0 bridgehead atoms. The van der Waals surface area contributed by atoms with E-state index in [1.165, 1.54) is 6.33 Å². The maximum Gasteiger partial charge on any atom is 0.306 e. The highest BCUT2D eigenvalue weighted by molar-refractivity contribution is 14.1. The van der Waals surface area contributed by atoms with Crippen LogP contribution in [-0.4, -0.2) is 25.6 Å². The number of hydrogen-bond donors (Lipinski definition) is 1. The molecule has 2 aromatic rings. The first-order chi connectivity index (χ1) is 8.58. The van der Waals surface area contributed by atoms with Crippen LogP contribution >= 0.6 is 34.2 Å². The van der Waals surface area contributed by atoms with E-state index in [2.05, 4.69) is 32.6 Å². The number of rotatable bonds is 2. The minimum Gasteiger partial charge on any atom is -0.481 e. The lowest BCUT2D eigenvalue weighted by molar-refractivity contribution is -0.145. The summed E-state index contributed by atoms with van der Waals surface area (Å²) in [5.74, 6) is -0.951. The zero-order valence-electron chi connectivity index (χ0n) is 9.18. The van der Waals surface area contributed by atoms with Crippen molar-refractivity contribution in [1.29, 1.82) is 0 Å². The summed E-state index contributed by atoms with van der Waals surface area (Å²) < 4.78 is 3.01. The van der Waals surface area contributed by atoms with Gasteiger partial charge in [-0.2, -0.15) is 0 Å². The van der Waals surface area contributed by atoms with Crippen molar-refractivity contribution in [3.05, 3.63) is 21.2 Å². The highest BCUT2D eigenvalue weighted by Gasteiger charge is 2.36. The quantitative estimate of drug-likeness (QED) is 0.645. The van der Waals surface area contributed by atoms with Crippen LogP contribution in [0.15, 0.2) is 12.5 Å². The molecular formula is C11H9ClIN3O2. The Kier molecular flexibility index (Phi) is 2.93. The van der Waals surface area contributed by atoms with E-state index in [0.29, 0.717) is 18.0 Å². The largest absolute Gasteiger partial charge is 0.481 e.